The van der Waals surface area contributed by atoms with E-state index >= 15 is 0 Å². The van der Waals surface area contributed by atoms with Crippen molar-refractivity contribution < 1.29 is 5.11 Å². The zero-order valence-corrected chi connectivity index (χ0v) is 8.11. The molecule has 0 aliphatic carbocycles. The van der Waals surface area contributed by atoms with Gasteiger partial charge in [0, 0.05) is 12.1 Å². The van der Waals surface area contributed by atoms with Gasteiger partial charge in [-0.05, 0) is 12.5 Å². The van der Waals surface area contributed by atoms with E-state index in [-0.39, 0.29) is 6.61 Å². The smallest absolute Gasteiger partial charge is 0.116 e. The van der Waals surface area contributed by atoms with Gasteiger partial charge in [0.1, 0.15) is 5.01 Å². The molecule has 1 rings (SSSR count). The van der Waals surface area contributed by atoms with Gasteiger partial charge in [-0.1, -0.05) is 6.08 Å². The second-order valence-electron chi connectivity index (χ2n) is 2.20. The maximum atomic E-state index is 8.75. The highest BCUT2D eigenvalue weighted by Gasteiger charge is 1.95. The summed E-state index contributed by atoms with van der Waals surface area (Å²) in [6.45, 7) is 0.0704. The predicted octanol–water partition coefficient (Wildman–Crippen LogP) is 2.28. The lowest BCUT2D eigenvalue weighted by Crippen LogP contribution is -1.70. The van der Waals surface area contributed by atoms with Crippen LogP contribution < -0.4 is 0 Å². The van der Waals surface area contributed by atoms with Crippen molar-refractivity contribution in [1.29, 1.82) is 0 Å². The maximum Gasteiger partial charge on any atom is 0.116 e. The number of aliphatic hydroxyl groups excluding tert-OH is 1. The lowest BCUT2D eigenvalue weighted by molar-refractivity contribution is 0.285. The quantitative estimate of drug-likeness (QED) is 0.762. The summed E-state index contributed by atoms with van der Waals surface area (Å²) in [6.07, 6.45) is 6.44. The molecule has 0 saturated carbocycles. The van der Waals surface area contributed by atoms with E-state index in [2.05, 4.69) is 4.98 Å². The molecule has 1 heterocycles. The average Bonchev–Trinajstić information content (AvgIpc) is 2.53. The Morgan fingerprint density at radius 3 is 3.08 bits per heavy atom. The third-order valence-electron chi connectivity index (χ3n) is 1.26. The van der Waals surface area contributed by atoms with Crippen LogP contribution in [0.4, 0.5) is 0 Å². The van der Waals surface area contributed by atoms with E-state index in [1.807, 2.05) is 12.2 Å². The van der Waals surface area contributed by atoms with Gasteiger partial charge in [-0.15, -0.1) is 22.9 Å². The van der Waals surface area contributed by atoms with Gasteiger partial charge in [0.2, 0.25) is 0 Å². The number of allylic oxidation sites excluding steroid dienone is 1. The van der Waals surface area contributed by atoms with E-state index in [0.717, 1.165) is 16.3 Å². The molecule has 12 heavy (non-hydrogen) atoms. The number of alkyl halides is 1. The molecule has 0 aliphatic rings. The minimum Gasteiger partial charge on any atom is -0.391 e. The van der Waals surface area contributed by atoms with E-state index in [1.165, 1.54) is 11.3 Å². The van der Waals surface area contributed by atoms with E-state index < -0.39 is 0 Å². The zero-order valence-electron chi connectivity index (χ0n) is 6.53. The fourth-order valence-corrected chi connectivity index (χ4v) is 1.55. The molecule has 0 aliphatic heterocycles. The monoisotopic (exact) mass is 203 g/mol. The molecule has 2 nitrogen and oxygen atoms in total. The first-order valence-corrected chi connectivity index (χ1v) is 5.00. The van der Waals surface area contributed by atoms with E-state index in [1.54, 1.807) is 6.20 Å². The predicted molar refractivity (Wildman–Crippen MR) is 52.4 cm³/mol. The number of aliphatic hydroxyl groups is 1. The number of aromatic nitrogens is 1. The summed E-state index contributed by atoms with van der Waals surface area (Å²) < 4.78 is 0. The number of thiazole rings is 1. The van der Waals surface area contributed by atoms with Crippen molar-refractivity contribution in [2.24, 2.45) is 0 Å². The van der Waals surface area contributed by atoms with Crippen LogP contribution in [0.2, 0.25) is 0 Å². The largest absolute Gasteiger partial charge is 0.391 e. The number of hydrogen-bond donors (Lipinski definition) is 1. The molecule has 0 aromatic carbocycles. The normalized spacial score (nSPS) is 11.2. The first-order chi connectivity index (χ1) is 5.86. The minimum absolute atomic E-state index is 0.0704. The van der Waals surface area contributed by atoms with Crippen molar-refractivity contribution in [2.45, 2.75) is 13.0 Å². The Morgan fingerprint density at radius 2 is 2.50 bits per heavy atom. The van der Waals surface area contributed by atoms with Crippen LogP contribution in [0, 0.1) is 0 Å². The third-order valence-corrected chi connectivity index (χ3v) is 2.43. The topological polar surface area (TPSA) is 33.1 Å². The Morgan fingerprint density at radius 1 is 1.67 bits per heavy atom. The van der Waals surface area contributed by atoms with Crippen molar-refractivity contribution in [3.63, 3.8) is 0 Å². The molecule has 0 atom stereocenters. The molecular formula is C8H10ClNOS. The van der Waals surface area contributed by atoms with Crippen LogP contribution in [0.15, 0.2) is 12.3 Å². The van der Waals surface area contributed by atoms with Crippen molar-refractivity contribution in [1.82, 2.24) is 4.98 Å². The average molecular weight is 204 g/mol. The Hall–Kier alpha value is -0.380. The second-order valence-corrected chi connectivity index (χ2v) is 3.73. The first-order valence-electron chi connectivity index (χ1n) is 3.65. The SMILES string of the molecule is OCc1cnc(C=CCCCl)s1. The molecule has 0 saturated heterocycles. The Balaban J connectivity index is 2.51. The maximum absolute atomic E-state index is 8.75. The van der Waals surface area contributed by atoms with Crippen LogP contribution in [-0.4, -0.2) is 16.0 Å². The van der Waals surface area contributed by atoms with Crippen molar-refractivity contribution in [3.8, 4) is 0 Å². The van der Waals surface area contributed by atoms with Gasteiger partial charge in [0.05, 0.1) is 11.5 Å². The van der Waals surface area contributed by atoms with Crippen LogP contribution in [-0.2, 0) is 6.61 Å². The summed E-state index contributed by atoms with van der Waals surface area (Å²) in [7, 11) is 0. The molecule has 0 unspecified atom stereocenters. The van der Waals surface area contributed by atoms with Gasteiger partial charge in [0.15, 0.2) is 0 Å². The van der Waals surface area contributed by atoms with E-state index in [0.29, 0.717) is 5.88 Å². The number of nitrogens with zero attached hydrogens (tertiary/aromatic N) is 1. The highest BCUT2D eigenvalue weighted by molar-refractivity contribution is 7.12. The van der Waals surface area contributed by atoms with Crippen LogP contribution in [0.25, 0.3) is 6.08 Å². The lowest BCUT2D eigenvalue weighted by Gasteiger charge is -1.82. The fourth-order valence-electron chi connectivity index (χ4n) is 0.720. The van der Waals surface area contributed by atoms with Gasteiger partial charge < -0.3 is 5.11 Å². The molecule has 4 heteroatoms. The summed E-state index contributed by atoms with van der Waals surface area (Å²) in [5, 5.41) is 9.67. The molecule has 0 spiro atoms. The summed E-state index contributed by atoms with van der Waals surface area (Å²) in [5.41, 5.74) is 0. The fraction of sp³-hybridized carbons (Fsp3) is 0.375. The van der Waals surface area contributed by atoms with Gasteiger partial charge >= 0.3 is 0 Å². The number of halogens is 1. The summed E-state index contributed by atoms with van der Waals surface area (Å²) in [4.78, 5) is 4.98. The highest BCUT2D eigenvalue weighted by Crippen LogP contribution is 2.14. The Labute approximate surface area is 80.5 Å². The van der Waals surface area contributed by atoms with Gasteiger partial charge in [-0.2, -0.15) is 0 Å². The first kappa shape index (κ1) is 9.71. The Bertz CT molecular complexity index is 259. The molecule has 0 fully saturated rings. The van der Waals surface area contributed by atoms with E-state index in [9.17, 15) is 0 Å². The zero-order chi connectivity index (χ0) is 8.81. The van der Waals surface area contributed by atoms with E-state index in [4.69, 9.17) is 16.7 Å². The summed E-state index contributed by atoms with van der Waals surface area (Å²) in [6, 6.07) is 0. The summed E-state index contributed by atoms with van der Waals surface area (Å²) in [5.74, 6) is 0.634. The highest BCUT2D eigenvalue weighted by atomic mass is 35.5. The van der Waals surface area contributed by atoms with Crippen LogP contribution >= 0.6 is 22.9 Å². The lowest BCUT2D eigenvalue weighted by atomic mass is 10.4. The van der Waals surface area contributed by atoms with Crippen molar-refractivity contribution in [2.75, 3.05) is 5.88 Å². The molecule has 1 aromatic rings. The Kier molecular flexibility index (Phi) is 4.29. The molecule has 0 radical (unpaired) electrons. The molecular weight excluding hydrogens is 194 g/mol. The summed E-state index contributed by atoms with van der Waals surface area (Å²) >= 11 is 6.98. The number of hydrogen-bond acceptors (Lipinski definition) is 3. The number of rotatable bonds is 4. The minimum atomic E-state index is 0.0704. The molecule has 66 valence electrons. The van der Waals surface area contributed by atoms with Crippen LogP contribution in [0.1, 0.15) is 16.3 Å². The van der Waals surface area contributed by atoms with Gasteiger partial charge in [-0.3, -0.25) is 0 Å². The third kappa shape index (κ3) is 2.93. The molecule has 1 N–H and O–H groups in total. The van der Waals surface area contributed by atoms with Crippen LogP contribution in [0.3, 0.4) is 0 Å². The molecule has 0 amide bonds. The standard InChI is InChI=1S/C8H10ClNOS/c9-4-2-1-3-8-10-5-7(6-11)12-8/h1,3,5,11H,2,4,6H2. The molecule has 1 aromatic heterocycles. The van der Waals surface area contributed by atoms with Gasteiger partial charge in [-0.25, -0.2) is 4.98 Å². The van der Waals surface area contributed by atoms with Crippen molar-refractivity contribution in [3.05, 3.63) is 22.2 Å². The van der Waals surface area contributed by atoms with Gasteiger partial charge in [0.25, 0.3) is 0 Å². The molecule has 0 bridgehead atoms. The van der Waals surface area contributed by atoms with Crippen LogP contribution in [0.5, 0.6) is 0 Å². The second kappa shape index (κ2) is 5.30. The van der Waals surface area contributed by atoms with Crippen molar-refractivity contribution >= 4 is 29.0 Å².